The van der Waals surface area contributed by atoms with Crippen LogP contribution >= 0.6 is 0 Å². The Labute approximate surface area is 81.6 Å². The number of hydrogen-bond donors (Lipinski definition) is 3. The maximum absolute atomic E-state index is 8.59. The van der Waals surface area contributed by atoms with E-state index < -0.39 is 0 Å². The van der Waals surface area contributed by atoms with Gasteiger partial charge in [0.15, 0.2) is 5.82 Å². The molecule has 0 bridgehead atoms. The van der Waals surface area contributed by atoms with E-state index in [9.17, 15) is 0 Å². The number of hydroxylamine groups is 1. The highest BCUT2D eigenvalue weighted by molar-refractivity contribution is 5.80. The maximum Gasteiger partial charge on any atom is 0.174 e. The Balaban J connectivity index is 2.18. The van der Waals surface area contributed by atoms with Gasteiger partial charge in [0.1, 0.15) is 5.84 Å². The van der Waals surface area contributed by atoms with Crippen molar-refractivity contribution in [2.75, 3.05) is 6.54 Å². The predicted octanol–water partition coefficient (Wildman–Crippen LogP) is -0.0804. The molecule has 0 saturated heterocycles. The molecular weight excluding hydrogens is 184 g/mol. The lowest BCUT2D eigenvalue weighted by Crippen LogP contribution is -2.18. The van der Waals surface area contributed by atoms with Crippen LogP contribution in [0.3, 0.4) is 0 Å². The molecule has 0 fully saturated rings. The van der Waals surface area contributed by atoms with Gasteiger partial charge in [-0.25, -0.2) is 0 Å². The number of amidine groups is 1. The van der Waals surface area contributed by atoms with E-state index in [4.69, 9.17) is 5.21 Å². The van der Waals surface area contributed by atoms with Crippen molar-refractivity contribution >= 4 is 5.84 Å². The Morgan fingerprint density at radius 3 is 3.07 bits per heavy atom. The average Bonchev–Trinajstić information content (AvgIpc) is 2.71. The van der Waals surface area contributed by atoms with E-state index in [0.29, 0.717) is 24.6 Å². The number of nitrogens with one attached hydrogen (secondary N) is 2. The van der Waals surface area contributed by atoms with Gasteiger partial charge in [0.25, 0.3) is 0 Å². The smallest absolute Gasteiger partial charge is 0.174 e. The topological polar surface area (TPSA) is 99.1 Å². The van der Waals surface area contributed by atoms with Crippen LogP contribution in [-0.4, -0.2) is 38.2 Å². The van der Waals surface area contributed by atoms with E-state index in [0.717, 1.165) is 12.8 Å². The molecule has 0 aliphatic rings. The van der Waals surface area contributed by atoms with E-state index in [-0.39, 0.29) is 0 Å². The molecule has 1 aromatic heterocycles. The van der Waals surface area contributed by atoms with Gasteiger partial charge in [0, 0.05) is 19.4 Å². The highest BCUT2D eigenvalue weighted by Crippen LogP contribution is 1.93. The largest absolute Gasteiger partial charge is 0.290 e. The summed E-state index contributed by atoms with van der Waals surface area (Å²) in [6.45, 7) is 2.56. The number of H-pyrrole nitrogens is 1. The van der Waals surface area contributed by atoms with Crippen molar-refractivity contribution in [3.63, 3.8) is 0 Å². The minimum atomic E-state index is 0.595. The number of aliphatic imine (C=N–C) groups is 1. The summed E-state index contributed by atoms with van der Waals surface area (Å²) >= 11 is 0. The second kappa shape index (κ2) is 6.03. The summed E-state index contributed by atoms with van der Waals surface area (Å²) in [4.78, 5) is 4.13. The Bertz CT molecular complexity index is 264. The highest BCUT2D eigenvalue weighted by Gasteiger charge is 1.97. The van der Waals surface area contributed by atoms with Crippen LogP contribution in [0.25, 0.3) is 0 Å². The fourth-order valence-electron chi connectivity index (χ4n) is 0.966. The second-order valence-electron chi connectivity index (χ2n) is 2.73. The summed E-state index contributed by atoms with van der Waals surface area (Å²) < 4.78 is 0. The van der Waals surface area contributed by atoms with Crippen LogP contribution in [0.2, 0.25) is 0 Å². The van der Waals surface area contributed by atoms with Gasteiger partial charge in [-0.3, -0.25) is 15.7 Å². The molecule has 0 atom stereocenters. The van der Waals surface area contributed by atoms with E-state index in [2.05, 4.69) is 25.6 Å². The van der Waals surface area contributed by atoms with Gasteiger partial charge in [-0.15, -0.1) is 10.2 Å². The first-order chi connectivity index (χ1) is 6.86. The number of hydrogen-bond acceptors (Lipinski definition) is 5. The molecule has 1 aromatic rings. The monoisotopic (exact) mass is 198 g/mol. The normalized spacial score (nSPS) is 11.7. The molecule has 0 unspecified atom stereocenters. The van der Waals surface area contributed by atoms with E-state index in [1.807, 2.05) is 12.4 Å². The summed E-state index contributed by atoms with van der Waals surface area (Å²) in [6.07, 6.45) is 2.27. The summed E-state index contributed by atoms with van der Waals surface area (Å²) in [5.74, 6) is 1.29. The Morgan fingerprint density at radius 1 is 1.64 bits per heavy atom. The van der Waals surface area contributed by atoms with Crippen molar-refractivity contribution in [3.8, 4) is 0 Å². The molecule has 14 heavy (non-hydrogen) atoms. The molecule has 1 heterocycles. The fourth-order valence-corrected chi connectivity index (χ4v) is 0.966. The molecule has 78 valence electrons. The lowest BCUT2D eigenvalue weighted by molar-refractivity contribution is 0.231. The van der Waals surface area contributed by atoms with Crippen LogP contribution in [0.4, 0.5) is 0 Å². The first-order valence-corrected chi connectivity index (χ1v) is 4.52. The van der Waals surface area contributed by atoms with Crippen LogP contribution in [0, 0.1) is 0 Å². The number of aryl methyl sites for hydroxylation is 1. The highest BCUT2D eigenvalue weighted by atomic mass is 16.5. The van der Waals surface area contributed by atoms with E-state index in [1.165, 1.54) is 0 Å². The predicted molar refractivity (Wildman–Crippen MR) is 50.0 cm³/mol. The summed E-state index contributed by atoms with van der Waals surface area (Å²) in [7, 11) is 0. The van der Waals surface area contributed by atoms with Crippen molar-refractivity contribution < 1.29 is 5.21 Å². The molecule has 0 saturated carbocycles. The number of aromatic nitrogens is 4. The Kier molecular flexibility index (Phi) is 4.56. The standard InChI is InChI=1S/C7H14N6O/c1-2-6(11-14)8-5-3-4-7-9-12-13-10-7/h14H,2-5H2,1H3,(H,8,11)(H,9,10,12,13). The summed E-state index contributed by atoms with van der Waals surface area (Å²) in [5.41, 5.74) is 2.05. The van der Waals surface area contributed by atoms with Gasteiger partial charge in [0.2, 0.25) is 0 Å². The summed E-state index contributed by atoms with van der Waals surface area (Å²) in [5, 5.41) is 22.0. The van der Waals surface area contributed by atoms with Gasteiger partial charge < -0.3 is 0 Å². The molecule has 0 amide bonds. The molecule has 1 rings (SSSR count). The van der Waals surface area contributed by atoms with Crippen LogP contribution in [0.1, 0.15) is 25.6 Å². The van der Waals surface area contributed by atoms with Crippen LogP contribution in [0.15, 0.2) is 4.99 Å². The molecule has 7 nitrogen and oxygen atoms in total. The molecule has 0 aromatic carbocycles. The first-order valence-electron chi connectivity index (χ1n) is 4.52. The number of nitrogens with zero attached hydrogens (tertiary/aromatic N) is 4. The second-order valence-corrected chi connectivity index (χ2v) is 2.73. The van der Waals surface area contributed by atoms with Crippen molar-refractivity contribution in [3.05, 3.63) is 5.82 Å². The fraction of sp³-hybridized carbons (Fsp3) is 0.714. The first kappa shape index (κ1) is 10.6. The third-order valence-corrected chi connectivity index (χ3v) is 1.71. The van der Waals surface area contributed by atoms with Crippen LogP contribution in [0.5, 0.6) is 0 Å². The van der Waals surface area contributed by atoms with E-state index >= 15 is 0 Å². The van der Waals surface area contributed by atoms with Crippen molar-refractivity contribution in [2.45, 2.75) is 26.2 Å². The summed E-state index contributed by atoms with van der Waals surface area (Å²) in [6, 6.07) is 0. The zero-order valence-electron chi connectivity index (χ0n) is 8.06. The zero-order valence-corrected chi connectivity index (χ0v) is 8.06. The molecule has 0 aliphatic carbocycles. The number of tetrazole rings is 1. The van der Waals surface area contributed by atoms with Gasteiger partial charge in [-0.05, 0) is 6.42 Å². The Morgan fingerprint density at radius 2 is 2.50 bits per heavy atom. The van der Waals surface area contributed by atoms with Crippen molar-refractivity contribution in [1.82, 2.24) is 26.1 Å². The molecule has 7 heteroatoms. The average molecular weight is 198 g/mol. The minimum absolute atomic E-state index is 0.595. The number of aromatic amines is 1. The third kappa shape index (κ3) is 3.48. The lowest BCUT2D eigenvalue weighted by Gasteiger charge is -1.99. The number of rotatable bonds is 5. The van der Waals surface area contributed by atoms with Crippen molar-refractivity contribution in [1.29, 1.82) is 0 Å². The van der Waals surface area contributed by atoms with Gasteiger partial charge in [-0.1, -0.05) is 12.1 Å². The quantitative estimate of drug-likeness (QED) is 0.266. The lowest BCUT2D eigenvalue weighted by atomic mass is 10.3. The van der Waals surface area contributed by atoms with Crippen LogP contribution in [-0.2, 0) is 6.42 Å². The molecule has 0 aliphatic heterocycles. The van der Waals surface area contributed by atoms with Crippen LogP contribution < -0.4 is 5.48 Å². The molecule has 0 radical (unpaired) electrons. The van der Waals surface area contributed by atoms with Gasteiger partial charge in [-0.2, -0.15) is 5.21 Å². The van der Waals surface area contributed by atoms with Crippen molar-refractivity contribution in [2.24, 2.45) is 4.99 Å². The van der Waals surface area contributed by atoms with Gasteiger partial charge in [0.05, 0.1) is 0 Å². The molecule has 0 spiro atoms. The van der Waals surface area contributed by atoms with Gasteiger partial charge >= 0.3 is 0 Å². The third-order valence-electron chi connectivity index (χ3n) is 1.71. The molecule has 3 N–H and O–H groups in total. The molecular formula is C7H14N6O. The zero-order chi connectivity index (χ0) is 10.2. The Hall–Kier alpha value is -1.50. The SMILES string of the molecule is CCC(=NCCCc1nn[nH]n1)NO. The maximum atomic E-state index is 8.59. The van der Waals surface area contributed by atoms with E-state index in [1.54, 1.807) is 0 Å². The minimum Gasteiger partial charge on any atom is -0.290 e.